The van der Waals surface area contributed by atoms with E-state index in [1.54, 1.807) is 0 Å². The molecule has 132 valence electrons. The lowest BCUT2D eigenvalue weighted by Gasteiger charge is -2.31. The number of aliphatic hydroxyl groups excluding tert-OH is 1. The van der Waals surface area contributed by atoms with Gasteiger partial charge in [-0.25, -0.2) is 0 Å². The molecule has 1 aliphatic rings. The van der Waals surface area contributed by atoms with E-state index in [9.17, 15) is 34.8 Å². The summed E-state index contributed by atoms with van der Waals surface area (Å²) >= 11 is 0. The number of aromatic hydroxyl groups is 3. The molecule has 7 nitrogen and oxygen atoms in total. The molecule has 0 radical (unpaired) electrons. The number of aliphatic hydroxyl groups is 1. The van der Waals surface area contributed by atoms with Crippen LogP contribution in [0, 0.1) is 6.92 Å². The molecule has 25 heavy (non-hydrogen) atoms. The van der Waals surface area contributed by atoms with Gasteiger partial charge in [0.05, 0.1) is 11.0 Å². The van der Waals surface area contributed by atoms with E-state index in [0.29, 0.717) is 0 Å². The van der Waals surface area contributed by atoms with E-state index in [1.165, 1.54) is 19.9 Å². The minimum atomic E-state index is -1.72. The van der Waals surface area contributed by atoms with E-state index in [0.717, 1.165) is 19.9 Å². The average molecular weight is 346 g/mol. The highest BCUT2D eigenvalue weighted by atomic mass is 16.3. The van der Waals surface area contributed by atoms with E-state index >= 15 is 0 Å². The number of phenols is 3. The Morgan fingerprint density at radius 3 is 2.00 bits per heavy atom. The number of hydrogen-bond acceptors (Lipinski definition) is 7. The van der Waals surface area contributed by atoms with Crippen molar-refractivity contribution in [3.63, 3.8) is 0 Å². The molecule has 1 aromatic carbocycles. The van der Waals surface area contributed by atoms with Crippen molar-refractivity contribution in [3.05, 3.63) is 40.2 Å². The largest absolute Gasteiger partial charge is 0.507 e. The van der Waals surface area contributed by atoms with Gasteiger partial charge in [-0.3, -0.25) is 14.4 Å². The number of carbonyl (C=O) groups is 3. The van der Waals surface area contributed by atoms with Gasteiger partial charge >= 0.3 is 0 Å². The number of benzene rings is 1. The van der Waals surface area contributed by atoms with Crippen molar-refractivity contribution in [1.82, 2.24) is 0 Å². The number of phenolic OH excluding ortho intramolecular Hbond substituents is 3. The zero-order valence-corrected chi connectivity index (χ0v) is 14.2. The molecule has 0 bridgehead atoms. The van der Waals surface area contributed by atoms with Gasteiger partial charge in [0.15, 0.2) is 17.3 Å². The maximum absolute atomic E-state index is 12.8. The molecule has 1 aromatic rings. The molecule has 0 amide bonds. The fraction of sp³-hybridized carbons (Fsp3) is 0.278. The summed E-state index contributed by atoms with van der Waals surface area (Å²) in [6, 6.07) is 0. The van der Waals surface area contributed by atoms with Gasteiger partial charge in [-0.2, -0.15) is 0 Å². The third-order valence-electron chi connectivity index (χ3n) is 4.41. The van der Waals surface area contributed by atoms with Crippen LogP contribution in [-0.4, -0.2) is 37.8 Å². The summed E-state index contributed by atoms with van der Waals surface area (Å²) in [7, 11) is 0. The lowest BCUT2D eigenvalue weighted by Crippen LogP contribution is -2.37. The number of ketones is 3. The Bertz CT molecular complexity index is 889. The average Bonchev–Trinajstić information content (AvgIpc) is 2.49. The van der Waals surface area contributed by atoms with Gasteiger partial charge in [0.25, 0.3) is 0 Å². The van der Waals surface area contributed by atoms with Crippen LogP contribution in [0.15, 0.2) is 23.5 Å². The second-order valence-electron chi connectivity index (χ2n) is 6.16. The Hall–Kier alpha value is -3.09. The summed E-state index contributed by atoms with van der Waals surface area (Å²) in [5, 5.41) is 40.7. The Kier molecular flexibility index (Phi) is 4.21. The van der Waals surface area contributed by atoms with Gasteiger partial charge in [0.1, 0.15) is 34.1 Å². The van der Waals surface area contributed by atoms with Crippen LogP contribution in [0.3, 0.4) is 0 Å². The zero-order chi connectivity index (χ0) is 19.3. The van der Waals surface area contributed by atoms with Crippen LogP contribution in [0.5, 0.6) is 17.2 Å². The molecule has 0 fully saturated rings. The van der Waals surface area contributed by atoms with Crippen molar-refractivity contribution in [2.24, 2.45) is 0 Å². The Labute approximate surface area is 143 Å². The third kappa shape index (κ3) is 2.48. The molecule has 1 unspecified atom stereocenters. The number of hydrogen-bond donors (Lipinski definition) is 4. The SMILES string of the molecule is CC(=O)C1=C(O)C=CC(C)(c2c(O)c(C)c(O)c(C(C)=O)c2O)C1=O. The van der Waals surface area contributed by atoms with Gasteiger partial charge in [0.2, 0.25) is 0 Å². The van der Waals surface area contributed by atoms with Crippen LogP contribution >= 0.6 is 0 Å². The summed E-state index contributed by atoms with van der Waals surface area (Å²) in [6.07, 6.45) is 2.33. The number of allylic oxidation sites excluding steroid dienone is 3. The van der Waals surface area contributed by atoms with Crippen molar-refractivity contribution in [2.45, 2.75) is 33.1 Å². The minimum Gasteiger partial charge on any atom is -0.507 e. The van der Waals surface area contributed by atoms with Gasteiger partial charge in [-0.1, -0.05) is 6.08 Å². The van der Waals surface area contributed by atoms with Crippen LogP contribution in [0.2, 0.25) is 0 Å². The molecule has 0 saturated carbocycles. The molecular formula is C18H18O7. The lowest BCUT2D eigenvalue weighted by molar-refractivity contribution is -0.123. The molecule has 2 rings (SSSR count). The number of carbonyl (C=O) groups excluding carboxylic acids is 3. The van der Waals surface area contributed by atoms with Gasteiger partial charge < -0.3 is 20.4 Å². The molecule has 0 saturated heterocycles. The second-order valence-corrected chi connectivity index (χ2v) is 6.16. The highest BCUT2D eigenvalue weighted by Gasteiger charge is 2.45. The smallest absolute Gasteiger partial charge is 0.184 e. The lowest BCUT2D eigenvalue weighted by atomic mass is 9.70. The second kappa shape index (κ2) is 5.77. The normalized spacial score (nSPS) is 20.1. The molecule has 1 aliphatic carbocycles. The maximum atomic E-state index is 12.8. The first-order valence-electron chi connectivity index (χ1n) is 7.42. The highest BCUT2D eigenvalue weighted by Crippen LogP contribution is 2.49. The topological polar surface area (TPSA) is 132 Å². The standard InChI is InChI=1S/C18H18O7/c1-7-14(22)12(9(3)20)16(24)13(15(7)23)18(4)6-5-10(21)11(8(2)19)17(18)25/h5-6,21-24H,1-4H3. The van der Waals surface area contributed by atoms with E-state index in [4.69, 9.17) is 0 Å². The summed E-state index contributed by atoms with van der Waals surface area (Å²) < 4.78 is 0. The molecule has 1 atom stereocenters. The molecule has 4 N–H and O–H groups in total. The van der Waals surface area contributed by atoms with Crippen LogP contribution in [0.25, 0.3) is 0 Å². The highest BCUT2D eigenvalue weighted by molar-refractivity contribution is 6.25. The first-order valence-corrected chi connectivity index (χ1v) is 7.42. The van der Waals surface area contributed by atoms with E-state index in [-0.39, 0.29) is 11.1 Å². The van der Waals surface area contributed by atoms with E-state index in [2.05, 4.69) is 0 Å². The molecule has 0 aliphatic heterocycles. The van der Waals surface area contributed by atoms with Crippen molar-refractivity contribution in [1.29, 1.82) is 0 Å². The first kappa shape index (κ1) is 18.3. The summed E-state index contributed by atoms with van der Waals surface area (Å²) in [5.74, 6) is -4.63. The molecule has 0 aromatic heterocycles. The zero-order valence-electron chi connectivity index (χ0n) is 14.2. The third-order valence-corrected chi connectivity index (χ3v) is 4.41. The fourth-order valence-electron chi connectivity index (χ4n) is 2.98. The Morgan fingerprint density at radius 2 is 1.52 bits per heavy atom. The van der Waals surface area contributed by atoms with Crippen LogP contribution in [0.1, 0.15) is 42.3 Å². The quantitative estimate of drug-likeness (QED) is 0.487. The predicted molar refractivity (Wildman–Crippen MR) is 88.0 cm³/mol. The summed E-state index contributed by atoms with van der Waals surface area (Å²) in [5.41, 5.74) is -3.04. The van der Waals surface area contributed by atoms with Crippen molar-refractivity contribution < 1.29 is 34.8 Å². The molecular weight excluding hydrogens is 328 g/mol. The van der Waals surface area contributed by atoms with Crippen LogP contribution < -0.4 is 0 Å². The van der Waals surface area contributed by atoms with Gasteiger partial charge in [0, 0.05) is 5.56 Å². The first-order chi connectivity index (χ1) is 11.4. The van der Waals surface area contributed by atoms with Crippen LogP contribution in [-0.2, 0) is 15.0 Å². The van der Waals surface area contributed by atoms with Crippen molar-refractivity contribution in [2.75, 3.05) is 0 Å². The molecule has 7 heteroatoms. The fourth-order valence-corrected chi connectivity index (χ4v) is 2.98. The predicted octanol–water partition coefficient (Wildman–Crippen LogP) is 2.11. The Morgan fingerprint density at radius 1 is 0.960 bits per heavy atom. The molecule has 0 spiro atoms. The molecule has 0 heterocycles. The minimum absolute atomic E-state index is 0.0939. The van der Waals surface area contributed by atoms with Crippen LogP contribution in [0.4, 0.5) is 0 Å². The maximum Gasteiger partial charge on any atom is 0.184 e. The monoisotopic (exact) mass is 346 g/mol. The van der Waals surface area contributed by atoms with Crippen molar-refractivity contribution in [3.8, 4) is 17.2 Å². The van der Waals surface area contributed by atoms with E-state index < -0.39 is 56.9 Å². The summed E-state index contributed by atoms with van der Waals surface area (Å²) in [4.78, 5) is 36.3. The summed E-state index contributed by atoms with van der Waals surface area (Å²) in [6.45, 7) is 4.87. The number of rotatable bonds is 3. The van der Waals surface area contributed by atoms with Crippen molar-refractivity contribution >= 4 is 17.3 Å². The Balaban J connectivity index is 2.88. The van der Waals surface area contributed by atoms with E-state index in [1.807, 2.05) is 0 Å². The van der Waals surface area contributed by atoms with Gasteiger partial charge in [-0.15, -0.1) is 0 Å². The number of Topliss-reactive ketones (excluding diaryl/α,β-unsaturated/α-hetero) is 3. The van der Waals surface area contributed by atoms with Gasteiger partial charge in [-0.05, 0) is 33.8 Å².